The van der Waals surface area contributed by atoms with Crippen LogP contribution in [0.1, 0.15) is 22.3 Å². The van der Waals surface area contributed by atoms with Gasteiger partial charge in [-0.15, -0.1) is 0 Å². The van der Waals surface area contributed by atoms with Crippen LogP contribution >= 0.6 is 35.7 Å². The van der Waals surface area contributed by atoms with Crippen molar-refractivity contribution in [2.45, 2.75) is 18.5 Å². The Morgan fingerprint density at radius 3 is 2.54 bits per heavy atom. The van der Waals surface area contributed by atoms with E-state index in [2.05, 4.69) is 10.3 Å². The number of fused-ring (bicyclic) bond motifs is 1. The molecule has 1 fully saturated rings. The van der Waals surface area contributed by atoms with E-state index in [1.54, 1.807) is 13.2 Å². The van der Waals surface area contributed by atoms with Gasteiger partial charge in [0.15, 0.2) is 5.16 Å². The lowest BCUT2D eigenvalue weighted by molar-refractivity contribution is -0.122. The highest BCUT2D eigenvalue weighted by Gasteiger charge is 2.32. The third-order valence-electron chi connectivity index (χ3n) is 6.28. The Hall–Kier alpha value is -3.93. The number of para-hydroxylation sites is 2. The summed E-state index contributed by atoms with van der Waals surface area (Å²) in [5, 5.41) is 3.28. The predicted octanol–water partition coefficient (Wildman–Crippen LogP) is 6.02. The number of carbonyl (C=O) groups excluding carboxylic acids is 3. The summed E-state index contributed by atoms with van der Waals surface area (Å²) in [6, 6.07) is 22.2. The number of imidazole rings is 1. The molecule has 0 saturated carbocycles. The maximum Gasteiger partial charge on any atom is 0.266 e. The molecule has 1 aliphatic rings. The second kappa shape index (κ2) is 12.7. The van der Waals surface area contributed by atoms with Gasteiger partial charge in [-0.25, -0.2) is 4.98 Å². The van der Waals surface area contributed by atoms with Crippen LogP contribution in [0.3, 0.4) is 0 Å². The van der Waals surface area contributed by atoms with Crippen LogP contribution < -0.4 is 10.1 Å². The van der Waals surface area contributed by atoms with Crippen LogP contribution in [0.4, 0.5) is 5.69 Å². The van der Waals surface area contributed by atoms with Gasteiger partial charge in [0.05, 0.1) is 28.8 Å². The second-order valence-corrected chi connectivity index (χ2v) is 11.8. The highest BCUT2D eigenvalue weighted by atomic mass is 32.2. The van der Waals surface area contributed by atoms with E-state index >= 15 is 0 Å². The highest BCUT2D eigenvalue weighted by Crippen LogP contribution is 2.33. The molecule has 1 aliphatic heterocycles. The van der Waals surface area contributed by atoms with Crippen molar-refractivity contribution in [3.63, 3.8) is 0 Å². The van der Waals surface area contributed by atoms with E-state index < -0.39 is 0 Å². The van der Waals surface area contributed by atoms with Crippen LogP contribution in [0, 0.1) is 6.92 Å². The maximum absolute atomic E-state index is 13.5. The number of anilines is 1. The Morgan fingerprint density at radius 2 is 1.80 bits per heavy atom. The van der Waals surface area contributed by atoms with E-state index in [0.717, 1.165) is 16.9 Å². The number of hydrogen-bond acceptors (Lipinski definition) is 8. The van der Waals surface area contributed by atoms with Crippen LogP contribution in [0.15, 0.2) is 82.9 Å². The molecule has 0 aliphatic carbocycles. The maximum atomic E-state index is 13.5. The van der Waals surface area contributed by atoms with Gasteiger partial charge in [0.25, 0.3) is 5.91 Å². The number of benzene rings is 3. The minimum Gasteiger partial charge on any atom is -0.497 e. The summed E-state index contributed by atoms with van der Waals surface area (Å²) >= 11 is 7.86. The molecule has 0 atom stereocenters. The van der Waals surface area contributed by atoms with Gasteiger partial charge in [-0.05, 0) is 55.0 Å². The second-order valence-electron chi connectivity index (χ2n) is 9.17. The first-order valence-electron chi connectivity index (χ1n) is 12.7. The number of nitrogens with one attached hydrogen (secondary N) is 1. The molecule has 4 aromatic rings. The molecule has 0 spiro atoms. The van der Waals surface area contributed by atoms with Gasteiger partial charge in [-0.2, -0.15) is 0 Å². The minimum atomic E-state index is -0.242. The average molecular weight is 603 g/mol. The topological polar surface area (TPSA) is 93.5 Å². The summed E-state index contributed by atoms with van der Waals surface area (Å²) < 4.78 is 7.11. The highest BCUT2D eigenvalue weighted by molar-refractivity contribution is 8.26. The number of aryl methyl sites for hydroxylation is 1. The van der Waals surface area contributed by atoms with Crippen molar-refractivity contribution in [2.24, 2.45) is 0 Å². The molecule has 3 aromatic carbocycles. The Kier molecular flexibility index (Phi) is 8.87. The summed E-state index contributed by atoms with van der Waals surface area (Å²) in [5.41, 5.74) is 3.94. The molecule has 2 amide bonds. The number of ether oxygens (including phenoxy) is 1. The molecular weight excluding hydrogens is 577 g/mol. The fraction of sp³-hybridized carbons (Fsp3) is 0.167. The number of aromatic nitrogens is 2. The monoisotopic (exact) mass is 602 g/mol. The first-order chi connectivity index (χ1) is 19.8. The lowest BCUT2D eigenvalue weighted by atomic mass is 10.2. The van der Waals surface area contributed by atoms with Gasteiger partial charge in [0, 0.05) is 18.7 Å². The van der Waals surface area contributed by atoms with Gasteiger partial charge in [0.1, 0.15) is 10.1 Å². The lowest BCUT2D eigenvalue weighted by Gasteiger charge is -2.15. The minimum absolute atomic E-state index is 0.0335. The van der Waals surface area contributed by atoms with Crippen LogP contribution in [0.25, 0.3) is 17.1 Å². The van der Waals surface area contributed by atoms with Gasteiger partial charge in [-0.3, -0.25) is 23.9 Å². The van der Waals surface area contributed by atoms with E-state index in [9.17, 15) is 14.4 Å². The Labute approximate surface area is 251 Å². The Bertz CT molecular complexity index is 1660. The summed E-state index contributed by atoms with van der Waals surface area (Å²) in [6.45, 7) is 2.11. The zero-order valence-electron chi connectivity index (χ0n) is 22.3. The number of hydrogen-bond donors (Lipinski definition) is 1. The first-order valence-corrected chi connectivity index (χ1v) is 14.9. The van der Waals surface area contributed by atoms with Crippen LogP contribution in [-0.2, 0) is 9.59 Å². The molecule has 2 heterocycles. The SMILES string of the molecule is COc1ccc(/C=C2/SC(=S)N(CCC(=O)n3c(SCC(=O)Nc4ccc(C)cc4)nc4ccccc43)C2=O)cc1. The number of methoxy groups -OCH3 is 1. The van der Waals surface area contributed by atoms with Crippen molar-refractivity contribution in [3.05, 3.63) is 88.8 Å². The van der Waals surface area contributed by atoms with Gasteiger partial charge in [0.2, 0.25) is 11.8 Å². The molecule has 1 saturated heterocycles. The van der Waals surface area contributed by atoms with Gasteiger partial charge >= 0.3 is 0 Å². The zero-order valence-corrected chi connectivity index (χ0v) is 24.8. The predicted molar refractivity (Wildman–Crippen MR) is 168 cm³/mol. The molecule has 1 N–H and O–H groups in total. The molecule has 41 heavy (non-hydrogen) atoms. The van der Waals surface area contributed by atoms with E-state index in [1.807, 2.05) is 79.7 Å². The fourth-order valence-electron chi connectivity index (χ4n) is 4.17. The molecular formula is C30H26N4O4S3. The van der Waals surface area contributed by atoms with E-state index in [1.165, 1.54) is 33.0 Å². The van der Waals surface area contributed by atoms with Crippen molar-refractivity contribution < 1.29 is 19.1 Å². The third-order valence-corrected chi connectivity index (χ3v) is 8.60. The van der Waals surface area contributed by atoms with E-state index in [4.69, 9.17) is 17.0 Å². The standard InChI is InChI=1S/C30H26N4O4S3/c1-19-7-11-21(12-8-19)31-26(35)18-40-29-32-23-5-3-4-6-24(23)34(29)27(36)15-16-33-28(37)25(41-30(33)39)17-20-9-13-22(38-2)14-10-20/h3-14,17H,15-16,18H2,1-2H3,(H,31,35)/b25-17+. The molecule has 208 valence electrons. The summed E-state index contributed by atoms with van der Waals surface area (Å²) in [4.78, 5) is 45.8. The van der Waals surface area contributed by atoms with Crippen molar-refractivity contribution in [1.82, 2.24) is 14.5 Å². The molecule has 0 bridgehead atoms. The Morgan fingerprint density at radius 1 is 1.07 bits per heavy atom. The summed E-state index contributed by atoms with van der Waals surface area (Å²) in [7, 11) is 1.60. The number of thiocarbonyl (C=S) groups is 1. The third kappa shape index (κ3) is 6.70. The number of amides is 2. The van der Waals surface area contributed by atoms with Crippen molar-refractivity contribution in [3.8, 4) is 5.75 Å². The number of thioether (sulfide) groups is 2. The van der Waals surface area contributed by atoms with E-state index in [-0.39, 0.29) is 36.4 Å². The van der Waals surface area contributed by atoms with Crippen LogP contribution in [0.5, 0.6) is 5.75 Å². The quantitative estimate of drug-likeness (QED) is 0.141. The summed E-state index contributed by atoms with van der Waals surface area (Å²) in [6.07, 6.45) is 1.81. The molecule has 0 unspecified atom stereocenters. The zero-order chi connectivity index (χ0) is 28.9. The van der Waals surface area contributed by atoms with Crippen LogP contribution in [-0.4, -0.2) is 55.9 Å². The smallest absolute Gasteiger partial charge is 0.266 e. The molecule has 1 aromatic heterocycles. The summed E-state index contributed by atoms with van der Waals surface area (Å²) in [5.74, 6) is 0.126. The Balaban J connectivity index is 1.27. The lowest BCUT2D eigenvalue weighted by Crippen LogP contribution is -2.31. The largest absolute Gasteiger partial charge is 0.497 e. The van der Waals surface area contributed by atoms with Crippen LogP contribution in [0.2, 0.25) is 0 Å². The van der Waals surface area contributed by atoms with Crippen molar-refractivity contribution >= 4 is 80.6 Å². The number of carbonyl (C=O) groups is 3. The van der Waals surface area contributed by atoms with Gasteiger partial charge < -0.3 is 10.1 Å². The molecule has 11 heteroatoms. The molecule has 5 rings (SSSR count). The van der Waals surface area contributed by atoms with Gasteiger partial charge in [-0.1, -0.05) is 77.7 Å². The van der Waals surface area contributed by atoms with Crippen molar-refractivity contribution in [2.75, 3.05) is 24.7 Å². The first kappa shape index (κ1) is 28.6. The molecule has 0 radical (unpaired) electrons. The normalized spacial score (nSPS) is 14.2. The molecule has 8 nitrogen and oxygen atoms in total. The average Bonchev–Trinajstić information content (AvgIpc) is 3.48. The van der Waals surface area contributed by atoms with E-state index in [0.29, 0.717) is 31.1 Å². The number of rotatable bonds is 9. The van der Waals surface area contributed by atoms with Crippen molar-refractivity contribution in [1.29, 1.82) is 0 Å². The number of nitrogens with zero attached hydrogens (tertiary/aromatic N) is 3. The fourth-order valence-corrected chi connectivity index (χ4v) is 6.30.